The summed E-state index contributed by atoms with van der Waals surface area (Å²) in [5.74, 6) is 2.11. The molecule has 2 aliphatic rings. The third kappa shape index (κ3) is 3.95. The lowest BCUT2D eigenvalue weighted by atomic mass is 9.73. The third-order valence-electron chi connectivity index (χ3n) is 5.32. The van der Waals surface area contributed by atoms with Crippen molar-refractivity contribution in [2.24, 2.45) is 5.41 Å². The van der Waals surface area contributed by atoms with E-state index in [2.05, 4.69) is 27.0 Å². The van der Waals surface area contributed by atoms with Gasteiger partial charge in [0.25, 0.3) is 0 Å². The number of aryl methyl sites for hydroxylation is 1. The molecule has 7 heteroatoms. The zero-order valence-electron chi connectivity index (χ0n) is 14.9. The number of nitrogens with one attached hydrogen (secondary N) is 1. The molecule has 1 unspecified atom stereocenters. The number of rotatable bonds is 6. The first-order chi connectivity index (χ1) is 11.6. The van der Waals surface area contributed by atoms with Crippen molar-refractivity contribution in [2.45, 2.75) is 45.6 Å². The lowest BCUT2D eigenvalue weighted by Crippen LogP contribution is -2.54. The van der Waals surface area contributed by atoms with E-state index in [0.717, 1.165) is 50.7 Å². The number of H-pyrrole nitrogens is 1. The van der Waals surface area contributed by atoms with Crippen molar-refractivity contribution in [3.63, 3.8) is 0 Å². The van der Waals surface area contributed by atoms with Crippen LogP contribution in [0.2, 0.25) is 0 Å². The fraction of sp³-hybridized carbons (Fsp3) is 0.824. The highest BCUT2D eigenvalue weighted by Gasteiger charge is 2.41. The van der Waals surface area contributed by atoms with E-state index in [1.54, 1.807) is 7.11 Å². The molecule has 1 aromatic heterocycles. The molecule has 1 N–H and O–H groups in total. The molecule has 0 aromatic carbocycles. The number of ether oxygens (including phenoxy) is 1. The number of aromatic amines is 1. The van der Waals surface area contributed by atoms with Gasteiger partial charge in [-0.25, -0.2) is 4.98 Å². The molecule has 2 fully saturated rings. The first-order valence-electron chi connectivity index (χ1n) is 9.03. The van der Waals surface area contributed by atoms with E-state index in [0.29, 0.717) is 19.6 Å². The Morgan fingerprint density at radius 3 is 2.96 bits per heavy atom. The summed E-state index contributed by atoms with van der Waals surface area (Å²) in [7, 11) is 1.69. The Labute approximate surface area is 143 Å². The molecular formula is C17H29N5O2. The minimum absolute atomic E-state index is 0.230. The molecule has 0 radical (unpaired) electrons. The van der Waals surface area contributed by atoms with Crippen LogP contribution in [0.1, 0.15) is 44.3 Å². The second kappa shape index (κ2) is 7.61. The van der Waals surface area contributed by atoms with Gasteiger partial charge < -0.3 is 9.64 Å². The number of nitrogens with zero attached hydrogens (tertiary/aromatic N) is 4. The molecule has 1 spiro atoms. The number of methoxy groups -OCH3 is 1. The van der Waals surface area contributed by atoms with E-state index in [9.17, 15) is 4.79 Å². The van der Waals surface area contributed by atoms with Gasteiger partial charge in [0.05, 0.1) is 13.2 Å². The Morgan fingerprint density at radius 2 is 2.21 bits per heavy atom. The highest BCUT2D eigenvalue weighted by atomic mass is 16.5. The molecule has 1 aromatic rings. The minimum Gasteiger partial charge on any atom is -0.383 e. The van der Waals surface area contributed by atoms with E-state index in [4.69, 9.17) is 4.74 Å². The third-order valence-corrected chi connectivity index (χ3v) is 5.32. The van der Waals surface area contributed by atoms with Gasteiger partial charge in [0.1, 0.15) is 11.6 Å². The van der Waals surface area contributed by atoms with Crippen LogP contribution in [0.25, 0.3) is 0 Å². The highest BCUT2D eigenvalue weighted by molar-refractivity contribution is 5.77. The number of piperidine rings is 2. The van der Waals surface area contributed by atoms with Crippen molar-refractivity contribution in [1.29, 1.82) is 0 Å². The summed E-state index contributed by atoms with van der Waals surface area (Å²) < 4.78 is 5.16. The molecule has 7 nitrogen and oxygen atoms in total. The number of likely N-dealkylation sites (tertiary alicyclic amines) is 2. The largest absolute Gasteiger partial charge is 0.383 e. The first-order valence-corrected chi connectivity index (χ1v) is 9.03. The first kappa shape index (κ1) is 17.4. The summed E-state index contributed by atoms with van der Waals surface area (Å²) in [6.07, 6.45) is 4.91. The number of carbonyl (C=O) groups excluding carboxylic acids is 1. The maximum Gasteiger partial charge on any atom is 0.222 e. The topological polar surface area (TPSA) is 74.4 Å². The van der Waals surface area contributed by atoms with Crippen LogP contribution in [0.5, 0.6) is 0 Å². The SMILES string of the molecule is CCc1n[nH]c(CN2CCCC3(CCC(=O)N(CCOC)C3)C2)n1. The maximum atomic E-state index is 12.2. The van der Waals surface area contributed by atoms with Gasteiger partial charge >= 0.3 is 0 Å². The quantitative estimate of drug-likeness (QED) is 0.846. The number of carbonyl (C=O) groups is 1. The van der Waals surface area contributed by atoms with Crippen molar-refractivity contribution in [3.8, 4) is 0 Å². The van der Waals surface area contributed by atoms with E-state index in [-0.39, 0.29) is 11.3 Å². The molecule has 0 saturated carbocycles. The Kier molecular flexibility index (Phi) is 5.50. The Hall–Kier alpha value is -1.47. The number of hydrogen-bond acceptors (Lipinski definition) is 5. The Morgan fingerprint density at radius 1 is 1.33 bits per heavy atom. The molecule has 1 amide bonds. The van der Waals surface area contributed by atoms with Gasteiger partial charge in [0.15, 0.2) is 0 Å². The molecule has 2 saturated heterocycles. The Balaban J connectivity index is 1.62. The number of aromatic nitrogens is 3. The normalized spacial score (nSPS) is 25.6. The predicted octanol–water partition coefficient (Wildman–Crippen LogP) is 1.22. The summed E-state index contributed by atoms with van der Waals surface area (Å²) in [5, 5.41) is 7.29. The number of amides is 1. The zero-order chi connectivity index (χ0) is 17.0. The molecule has 3 rings (SSSR count). The highest BCUT2D eigenvalue weighted by Crippen LogP contribution is 2.39. The van der Waals surface area contributed by atoms with Crippen molar-refractivity contribution in [1.82, 2.24) is 25.0 Å². The van der Waals surface area contributed by atoms with E-state index >= 15 is 0 Å². The molecule has 24 heavy (non-hydrogen) atoms. The van der Waals surface area contributed by atoms with Crippen molar-refractivity contribution >= 4 is 5.91 Å². The molecule has 1 atom stereocenters. The van der Waals surface area contributed by atoms with Gasteiger partial charge in [-0.3, -0.25) is 14.8 Å². The van der Waals surface area contributed by atoms with Gasteiger partial charge in [0, 0.05) is 45.0 Å². The van der Waals surface area contributed by atoms with Crippen LogP contribution in [-0.4, -0.2) is 70.8 Å². The van der Waals surface area contributed by atoms with E-state index in [1.165, 1.54) is 12.8 Å². The molecular weight excluding hydrogens is 306 g/mol. The Bertz CT molecular complexity index is 561. The summed E-state index contributed by atoms with van der Waals surface area (Å²) >= 11 is 0. The predicted molar refractivity (Wildman–Crippen MR) is 90.4 cm³/mol. The molecule has 0 bridgehead atoms. The van der Waals surface area contributed by atoms with E-state index < -0.39 is 0 Å². The molecule has 134 valence electrons. The van der Waals surface area contributed by atoms with Crippen molar-refractivity contribution < 1.29 is 9.53 Å². The van der Waals surface area contributed by atoms with Gasteiger partial charge in [-0.2, -0.15) is 5.10 Å². The van der Waals surface area contributed by atoms with E-state index in [1.807, 2.05) is 4.90 Å². The minimum atomic E-state index is 0.230. The zero-order valence-corrected chi connectivity index (χ0v) is 14.9. The summed E-state index contributed by atoms with van der Waals surface area (Å²) in [5.41, 5.74) is 0.230. The average Bonchev–Trinajstić information content (AvgIpc) is 3.04. The van der Waals surface area contributed by atoms with Crippen LogP contribution < -0.4 is 0 Å². The lowest BCUT2D eigenvalue weighted by molar-refractivity contribution is -0.140. The molecule has 3 heterocycles. The monoisotopic (exact) mass is 335 g/mol. The van der Waals surface area contributed by atoms with Crippen molar-refractivity contribution in [3.05, 3.63) is 11.6 Å². The summed E-state index contributed by atoms with van der Waals surface area (Å²) in [6, 6.07) is 0. The van der Waals surface area contributed by atoms with Gasteiger partial charge in [-0.05, 0) is 25.8 Å². The van der Waals surface area contributed by atoms with Gasteiger partial charge in [0.2, 0.25) is 5.91 Å². The fourth-order valence-corrected chi connectivity index (χ4v) is 4.06. The number of hydrogen-bond donors (Lipinski definition) is 1. The van der Waals surface area contributed by atoms with Crippen LogP contribution in [0.15, 0.2) is 0 Å². The smallest absolute Gasteiger partial charge is 0.222 e. The van der Waals surface area contributed by atoms with Crippen LogP contribution in [-0.2, 0) is 22.5 Å². The average molecular weight is 335 g/mol. The van der Waals surface area contributed by atoms with Crippen LogP contribution in [0, 0.1) is 5.41 Å². The maximum absolute atomic E-state index is 12.2. The lowest BCUT2D eigenvalue weighted by Gasteiger charge is -2.48. The second-order valence-electron chi connectivity index (χ2n) is 7.17. The second-order valence-corrected chi connectivity index (χ2v) is 7.17. The standard InChI is InChI=1S/C17H29N5O2/c1-3-14-18-15(20-19-14)11-21-8-4-6-17(12-21)7-5-16(23)22(13-17)9-10-24-2/h3-13H2,1-2H3,(H,18,19,20). The van der Waals surface area contributed by atoms with Crippen LogP contribution in [0.3, 0.4) is 0 Å². The summed E-state index contributed by atoms with van der Waals surface area (Å²) in [4.78, 5) is 21.2. The van der Waals surface area contributed by atoms with Crippen molar-refractivity contribution in [2.75, 3.05) is 39.9 Å². The van der Waals surface area contributed by atoms with Gasteiger partial charge in [-0.15, -0.1) is 0 Å². The van der Waals surface area contributed by atoms with Crippen LogP contribution >= 0.6 is 0 Å². The summed E-state index contributed by atoms with van der Waals surface area (Å²) in [6.45, 7) is 7.20. The van der Waals surface area contributed by atoms with Crippen LogP contribution in [0.4, 0.5) is 0 Å². The van der Waals surface area contributed by atoms with Gasteiger partial charge in [-0.1, -0.05) is 6.92 Å². The molecule has 0 aliphatic carbocycles. The fourth-order valence-electron chi connectivity index (χ4n) is 4.06. The molecule has 2 aliphatic heterocycles.